The van der Waals surface area contributed by atoms with Crippen molar-refractivity contribution in [1.82, 2.24) is 19.7 Å². The largest absolute Gasteiger partial charge is 0.322 e. The molecule has 0 saturated carbocycles. The molecule has 0 aliphatic carbocycles. The minimum Gasteiger partial charge on any atom is -0.322 e. The van der Waals surface area contributed by atoms with Crippen molar-refractivity contribution in [2.24, 2.45) is 12.8 Å². The van der Waals surface area contributed by atoms with E-state index in [4.69, 9.17) is 5.73 Å². The van der Waals surface area contributed by atoms with Gasteiger partial charge in [0.2, 0.25) is 0 Å². The molecule has 3 aromatic rings. The number of rotatable bonds is 4. The van der Waals surface area contributed by atoms with Gasteiger partial charge in [-0.3, -0.25) is 9.67 Å². The van der Waals surface area contributed by atoms with Crippen molar-refractivity contribution in [2.75, 3.05) is 0 Å². The van der Waals surface area contributed by atoms with Crippen molar-refractivity contribution in [1.29, 1.82) is 0 Å². The van der Waals surface area contributed by atoms with E-state index in [1.165, 1.54) is 0 Å². The van der Waals surface area contributed by atoms with Crippen LogP contribution >= 0.6 is 0 Å². The van der Waals surface area contributed by atoms with Crippen molar-refractivity contribution < 1.29 is 0 Å². The summed E-state index contributed by atoms with van der Waals surface area (Å²) in [5.74, 6) is 0. The number of para-hydroxylation sites is 2. The fourth-order valence-corrected chi connectivity index (χ4v) is 2.42. The summed E-state index contributed by atoms with van der Waals surface area (Å²) < 4.78 is 1.90. The number of nitrogens with two attached hydrogens (primary N) is 1. The van der Waals surface area contributed by atoms with Crippen LogP contribution in [0.3, 0.4) is 0 Å². The van der Waals surface area contributed by atoms with Crippen LogP contribution in [-0.4, -0.2) is 19.7 Å². The maximum absolute atomic E-state index is 6.29. The first kappa shape index (κ1) is 13.7. The molecule has 5 nitrogen and oxygen atoms in total. The normalized spacial score (nSPS) is 12.7. The molecule has 108 valence electrons. The monoisotopic (exact) mass is 281 g/mol. The van der Waals surface area contributed by atoms with Crippen LogP contribution in [0.15, 0.2) is 36.5 Å². The van der Waals surface area contributed by atoms with Crippen molar-refractivity contribution in [2.45, 2.75) is 25.8 Å². The number of fused-ring (bicyclic) bond motifs is 1. The highest BCUT2D eigenvalue weighted by Crippen LogP contribution is 2.17. The van der Waals surface area contributed by atoms with Crippen molar-refractivity contribution in [3.8, 4) is 0 Å². The van der Waals surface area contributed by atoms with Gasteiger partial charge in [0.1, 0.15) is 0 Å². The fourth-order valence-electron chi connectivity index (χ4n) is 2.42. The molecule has 1 unspecified atom stereocenters. The standard InChI is InChI=1S/C16H19N5/c1-3-11-8-12(21(2)20-11)9-13(17)16-10-18-14-6-4-5-7-15(14)19-16/h4-8,10,13H,3,9,17H2,1-2H3. The summed E-state index contributed by atoms with van der Waals surface area (Å²) in [5, 5.41) is 4.45. The Morgan fingerprint density at radius 2 is 2.00 bits per heavy atom. The second-order valence-electron chi connectivity index (χ2n) is 5.20. The van der Waals surface area contributed by atoms with E-state index in [2.05, 4.69) is 28.1 Å². The van der Waals surface area contributed by atoms with E-state index in [1.807, 2.05) is 36.0 Å². The van der Waals surface area contributed by atoms with Gasteiger partial charge in [-0.2, -0.15) is 5.10 Å². The van der Waals surface area contributed by atoms with Crippen LogP contribution < -0.4 is 5.73 Å². The lowest BCUT2D eigenvalue weighted by Crippen LogP contribution is -2.17. The summed E-state index contributed by atoms with van der Waals surface area (Å²) >= 11 is 0. The van der Waals surface area contributed by atoms with Crippen LogP contribution in [0.4, 0.5) is 0 Å². The van der Waals surface area contributed by atoms with E-state index in [0.29, 0.717) is 6.42 Å². The zero-order valence-electron chi connectivity index (χ0n) is 12.3. The molecule has 1 atom stereocenters. The SMILES string of the molecule is CCc1cc(CC(N)c2cnc3ccccc3n2)n(C)n1. The number of aromatic nitrogens is 4. The molecule has 21 heavy (non-hydrogen) atoms. The first-order valence-electron chi connectivity index (χ1n) is 7.16. The summed E-state index contributed by atoms with van der Waals surface area (Å²) in [6.07, 6.45) is 3.40. The topological polar surface area (TPSA) is 69.6 Å². The smallest absolute Gasteiger partial charge is 0.0890 e. The maximum atomic E-state index is 6.29. The Balaban J connectivity index is 1.85. The number of hydrogen-bond donors (Lipinski definition) is 1. The van der Waals surface area contributed by atoms with Crippen molar-refractivity contribution in [3.05, 3.63) is 53.6 Å². The van der Waals surface area contributed by atoms with Gasteiger partial charge in [0, 0.05) is 19.2 Å². The van der Waals surface area contributed by atoms with Crippen LogP contribution in [0.2, 0.25) is 0 Å². The van der Waals surface area contributed by atoms with Crippen molar-refractivity contribution >= 4 is 11.0 Å². The molecule has 0 saturated heterocycles. The number of hydrogen-bond acceptors (Lipinski definition) is 4. The van der Waals surface area contributed by atoms with E-state index in [0.717, 1.165) is 34.5 Å². The van der Waals surface area contributed by atoms with E-state index < -0.39 is 0 Å². The first-order chi connectivity index (χ1) is 10.2. The summed E-state index contributed by atoms with van der Waals surface area (Å²) in [4.78, 5) is 9.03. The van der Waals surface area contributed by atoms with Crippen LogP contribution in [0, 0.1) is 0 Å². The van der Waals surface area contributed by atoms with Gasteiger partial charge in [-0.25, -0.2) is 4.98 Å². The highest BCUT2D eigenvalue weighted by Gasteiger charge is 2.13. The minimum absolute atomic E-state index is 0.179. The highest BCUT2D eigenvalue weighted by molar-refractivity contribution is 5.73. The Hall–Kier alpha value is -2.27. The molecule has 2 aromatic heterocycles. The fraction of sp³-hybridized carbons (Fsp3) is 0.312. The van der Waals surface area contributed by atoms with E-state index in [-0.39, 0.29) is 6.04 Å². The second-order valence-corrected chi connectivity index (χ2v) is 5.20. The van der Waals surface area contributed by atoms with Gasteiger partial charge in [0.05, 0.1) is 34.7 Å². The molecular weight excluding hydrogens is 262 g/mol. The lowest BCUT2D eigenvalue weighted by Gasteiger charge is -2.11. The lowest BCUT2D eigenvalue weighted by atomic mass is 10.1. The zero-order valence-corrected chi connectivity index (χ0v) is 12.3. The van der Waals surface area contributed by atoms with Gasteiger partial charge in [-0.15, -0.1) is 0 Å². The number of aryl methyl sites for hydroxylation is 2. The van der Waals surface area contributed by atoms with Gasteiger partial charge in [-0.1, -0.05) is 19.1 Å². The lowest BCUT2D eigenvalue weighted by molar-refractivity contribution is 0.627. The van der Waals surface area contributed by atoms with E-state index in [1.54, 1.807) is 6.20 Å². The third kappa shape index (κ3) is 2.78. The highest BCUT2D eigenvalue weighted by atomic mass is 15.3. The summed E-state index contributed by atoms with van der Waals surface area (Å²) in [7, 11) is 1.95. The molecule has 0 bridgehead atoms. The van der Waals surface area contributed by atoms with Gasteiger partial charge in [0.25, 0.3) is 0 Å². The Bertz CT molecular complexity index is 762. The second kappa shape index (κ2) is 5.61. The molecule has 0 spiro atoms. The average molecular weight is 281 g/mol. The van der Waals surface area contributed by atoms with Crippen LogP contribution in [0.25, 0.3) is 11.0 Å². The Labute approximate surface area is 123 Å². The molecule has 2 heterocycles. The van der Waals surface area contributed by atoms with E-state index >= 15 is 0 Å². The van der Waals surface area contributed by atoms with Gasteiger partial charge in [-0.05, 0) is 24.6 Å². The van der Waals surface area contributed by atoms with Gasteiger partial charge in [0.15, 0.2) is 0 Å². The molecule has 1 aromatic carbocycles. The number of benzene rings is 1. The molecular formula is C16H19N5. The third-order valence-corrected chi connectivity index (χ3v) is 3.67. The van der Waals surface area contributed by atoms with Crippen LogP contribution in [0.5, 0.6) is 0 Å². The predicted octanol–water partition coefficient (Wildman–Crippen LogP) is 2.17. The Morgan fingerprint density at radius 3 is 2.71 bits per heavy atom. The molecule has 0 fully saturated rings. The van der Waals surface area contributed by atoms with Gasteiger partial charge >= 0.3 is 0 Å². The predicted molar refractivity (Wildman–Crippen MR) is 82.8 cm³/mol. The molecule has 2 N–H and O–H groups in total. The Kier molecular flexibility index (Phi) is 3.66. The van der Waals surface area contributed by atoms with E-state index in [9.17, 15) is 0 Å². The summed E-state index contributed by atoms with van der Waals surface area (Å²) in [6.45, 7) is 2.10. The summed E-state index contributed by atoms with van der Waals surface area (Å²) in [5.41, 5.74) is 11.1. The molecule has 5 heteroatoms. The van der Waals surface area contributed by atoms with Gasteiger partial charge < -0.3 is 5.73 Å². The summed E-state index contributed by atoms with van der Waals surface area (Å²) in [6, 6.07) is 9.75. The van der Waals surface area contributed by atoms with Crippen LogP contribution in [-0.2, 0) is 19.9 Å². The quantitative estimate of drug-likeness (QED) is 0.795. The van der Waals surface area contributed by atoms with Crippen LogP contribution in [0.1, 0.15) is 30.0 Å². The molecule has 0 amide bonds. The molecule has 3 rings (SSSR count). The number of nitrogens with zero attached hydrogens (tertiary/aromatic N) is 4. The minimum atomic E-state index is -0.179. The first-order valence-corrected chi connectivity index (χ1v) is 7.16. The maximum Gasteiger partial charge on any atom is 0.0890 e. The molecule has 0 radical (unpaired) electrons. The molecule has 0 aliphatic rings. The average Bonchev–Trinajstić information content (AvgIpc) is 2.87. The zero-order chi connectivity index (χ0) is 14.8. The van der Waals surface area contributed by atoms with Crippen molar-refractivity contribution in [3.63, 3.8) is 0 Å². The Morgan fingerprint density at radius 1 is 1.24 bits per heavy atom. The molecule has 0 aliphatic heterocycles. The third-order valence-electron chi connectivity index (χ3n) is 3.67.